The Morgan fingerprint density at radius 2 is 1.89 bits per heavy atom. The second kappa shape index (κ2) is 9.22. The Morgan fingerprint density at radius 3 is 2.59 bits per heavy atom. The monoisotopic (exact) mass is 372 g/mol. The Kier molecular flexibility index (Phi) is 6.72. The molecule has 27 heavy (non-hydrogen) atoms. The fraction of sp³-hybridized carbons (Fsp3) is 0.619. The highest BCUT2D eigenvalue weighted by Gasteiger charge is 2.25. The quantitative estimate of drug-likeness (QED) is 0.825. The van der Waals surface area contributed by atoms with Crippen LogP contribution in [0.25, 0.3) is 0 Å². The Labute approximate surface area is 162 Å². The van der Waals surface area contributed by atoms with E-state index in [1.54, 1.807) is 0 Å². The molecule has 0 aromatic heterocycles. The molecule has 1 aromatic rings. The second-order valence-corrected chi connectivity index (χ2v) is 7.89. The normalized spacial score (nSPS) is 23.2. The van der Waals surface area contributed by atoms with Crippen molar-refractivity contribution in [3.63, 3.8) is 0 Å². The van der Waals surface area contributed by atoms with E-state index >= 15 is 0 Å². The summed E-state index contributed by atoms with van der Waals surface area (Å²) >= 11 is 0. The maximum Gasteiger partial charge on any atom is 0.236 e. The molecule has 2 aliphatic rings. The first-order chi connectivity index (χ1) is 13.1. The minimum atomic E-state index is 0.0110. The van der Waals surface area contributed by atoms with E-state index in [0.717, 1.165) is 43.6 Å². The van der Waals surface area contributed by atoms with Gasteiger partial charge in [0.25, 0.3) is 0 Å². The fourth-order valence-corrected chi connectivity index (χ4v) is 4.29. The van der Waals surface area contributed by atoms with Gasteiger partial charge in [0, 0.05) is 44.3 Å². The topological polar surface area (TPSA) is 78.7 Å². The van der Waals surface area contributed by atoms with E-state index in [-0.39, 0.29) is 24.3 Å². The van der Waals surface area contributed by atoms with Crippen LogP contribution in [0.4, 0.5) is 5.69 Å². The fourth-order valence-electron chi connectivity index (χ4n) is 4.29. The first-order valence-electron chi connectivity index (χ1n) is 10.2. The Morgan fingerprint density at radius 1 is 1.15 bits per heavy atom. The molecular formula is C21H32N4O2. The summed E-state index contributed by atoms with van der Waals surface area (Å²) in [6.07, 6.45) is 4.41. The molecule has 3 N–H and O–H groups in total. The average Bonchev–Trinajstić information content (AvgIpc) is 2.71. The van der Waals surface area contributed by atoms with Crippen molar-refractivity contribution in [2.75, 3.05) is 37.6 Å². The highest BCUT2D eigenvalue weighted by molar-refractivity contribution is 5.79. The van der Waals surface area contributed by atoms with Gasteiger partial charge in [0.2, 0.25) is 11.8 Å². The summed E-state index contributed by atoms with van der Waals surface area (Å²) in [4.78, 5) is 28.5. The smallest absolute Gasteiger partial charge is 0.236 e. The number of hydrogen-bond donors (Lipinski definition) is 2. The molecule has 3 rings (SSSR count). The van der Waals surface area contributed by atoms with Crippen LogP contribution >= 0.6 is 0 Å². The number of nitrogens with one attached hydrogen (secondary N) is 1. The Bertz CT molecular complexity index is 655. The van der Waals surface area contributed by atoms with Crippen LogP contribution in [-0.4, -0.2) is 49.4 Å². The first-order valence-corrected chi connectivity index (χ1v) is 10.2. The number of para-hydroxylation sites is 1. The Balaban J connectivity index is 1.58. The summed E-state index contributed by atoms with van der Waals surface area (Å²) < 4.78 is 0. The van der Waals surface area contributed by atoms with E-state index in [2.05, 4.69) is 29.3 Å². The van der Waals surface area contributed by atoms with Crippen molar-refractivity contribution in [2.45, 2.75) is 39.2 Å². The second-order valence-electron chi connectivity index (χ2n) is 7.89. The molecule has 6 heteroatoms. The summed E-state index contributed by atoms with van der Waals surface area (Å²) in [5.41, 5.74) is 7.75. The molecule has 2 fully saturated rings. The van der Waals surface area contributed by atoms with Gasteiger partial charge in [-0.3, -0.25) is 9.59 Å². The van der Waals surface area contributed by atoms with Crippen molar-refractivity contribution in [3.05, 3.63) is 29.8 Å². The predicted octanol–water partition coefficient (Wildman–Crippen LogP) is 1.74. The van der Waals surface area contributed by atoms with Crippen LogP contribution in [0.5, 0.6) is 0 Å². The number of amides is 2. The number of benzene rings is 1. The molecule has 2 amide bonds. The average molecular weight is 373 g/mol. The molecule has 1 aliphatic carbocycles. The van der Waals surface area contributed by atoms with Crippen LogP contribution < -0.4 is 16.0 Å². The van der Waals surface area contributed by atoms with E-state index in [4.69, 9.17) is 5.73 Å². The summed E-state index contributed by atoms with van der Waals surface area (Å²) in [6, 6.07) is 8.23. The van der Waals surface area contributed by atoms with Gasteiger partial charge in [-0.05, 0) is 30.4 Å². The van der Waals surface area contributed by atoms with Crippen LogP contribution in [0.3, 0.4) is 0 Å². The molecule has 0 spiro atoms. The number of piperazine rings is 1. The zero-order chi connectivity index (χ0) is 19.2. The lowest BCUT2D eigenvalue weighted by Gasteiger charge is -2.37. The van der Waals surface area contributed by atoms with E-state index in [9.17, 15) is 9.59 Å². The van der Waals surface area contributed by atoms with Crippen LogP contribution in [-0.2, 0) is 16.1 Å². The number of carbonyl (C=O) groups excluding carboxylic acids is 2. The maximum atomic E-state index is 12.6. The summed E-state index contributed by atoms with van der Waals surface area (Å²) in [5, 5.41) is 3.16. The lowest BCUT2D eigenvalue weighted by molar-refractivity contribution is -0.130. The van der Waals surface area contributed by atoms with Gasteiger partial charge in [0.05, 0.1) is 6.54 Å². The first kappa shape index (κ1) is 19.7. The van der Waals surface area contributed by atoms with Crippen molar-refractivity contribution in [1.82, 2.24) is 10.2 Å². The molecule has 148 valence electrons. The van der Waals surface area contributed by atoms with Crippen molar-refractivity contribution in [2.24, 2.45) is 17.6 Å². The molecule has 1 heterocycles. The largest absolute Gasteiger partial charge is 0.368 e. The van der Waals surface area contributed by atoms with Crippen molar-refractivity contribution in [3.8, 4) is 0 Å². The zero-order valence-electron chi connectivity index (χ0n) is 16.3. The standard InChI is InChI=1S/C21H32N4O2/c1-16-5-4-7-17(13-16)21(27)23-15-18-6-2-3-8-19(18)24-9-11-25(12-10-24)20(26)14-22/h2-3,6,8,16-17H,4-5,7,9-15,22H2,1H3,(H,23,27). The number of carbonyl (C=O) groups is 2. The van der Waals surface area contributed by atoms with Gasteiger partial charge in [0.1, 0.15) is 0 Å². The summed E-state index contributed by atoms with van der Waals surface area (Å²) in [6.45, 7) is 5.83. The van der Waals surface area contributed by atoms with Crippen LogP contribution in [0, 0.1) is 11.8 Å². The zero-order valence-corrected chi connectivity index (χ0v) is 16.3. The molecule has 1 aliphatic heterocycles. The van der Waals surface area contributed by atoms with Crippen LogP contribution in [0.1, 0.15) is 38.2 Å². The number of nitrogens with two attached hydrogens (primary N) is 1. The highest BCUT2D eigenvalue weighted by Crippen LogP contribution is 2.29. The van der Waals surface area contributed by atoms with Gasteiger partial charge in [0.15, 0.2) is 0 Å². The number of hydrogen-bond acceptors (Lipinski definition) is 4. The molecule has 0 bridgehead atoms. The van der Waals surface area contributed by atoms with Gasteiger partial charge >= 0.3 is 0 Å². The maximum absolute atomic E-state index is 12.6. The van der Waals surface area contributed by atoms with E-state index in [0.29, 0.717) is 25.6 Å². The third-order valence-corrected chi connectivity index (χ3v) is 5.90. The third-order valence-electron chi connectivity index (χ3n) is 5.90. The lowest BCUT2D eigenvalue weighted by atomic mass is 9.82. The molecule has 1 aromatic carbocycles. The molecule has 1 saturated heterocycles. The summed E-state index contributed by atoms with van der Waals surface area (Å²) in [5.74, 6) is 1.01. The van der Waals surface area contributed by atoms with Crippen molar-refractivity contribution < 1.29 is 9.59 Å². The number of anilines is 1. The lowest BCUT2D eigenvalue weighted by Crippen LogP contribution is -2.50. The van der Waals surface area contributed by atoms with E-state index in [1.165, 1.54) is 6.42 Å². The van der Waals surface area contributed by atoms with E-state index in [1.807, 2.05) is 17.0 Å². The van der Waals surface area contributed by atoms with Gasteiger partial charge in [-0.25, -0.2) is 0 Å². The predicted molar refractivity (Wildman–Crippen MR) is 107 cm³/mol. The SMILES string of the molecule is CC1CCCC(C(=O)NCc2ccccc2N2CCN(C(=O)CN)CC2)C1. The third kappa shape index (κ3) is 5.01. The van der Waals surface area contributed by atoms with Crippen LogP contribution in [0.15, 0.2) is 24.3 Å². The molecule has 6 nitrogen and oxygen atoms in total. The summed E-state index contributed by atoms with van der Waals surface area (Å²) in [7, 11) is 0. The molecule has 1 saturated carbocycles. The number of nitrogens with zero attached hydrogens (tertiary/aromatic N) is 2. The van der Waals surface area contributed by atoms with Gasteiger partial charge in [-0.1, -0.05) is 38.0 Å². The molecular weight excluding hydrogens is 340 g/mol. The minimum absolute atomic E-state index is 0.0110. The molecule has 0 radical (unpaired) electrons. The van der Waals surface area contributed by atoms with Crippen LogP contribution in [0.2, 0.25) is 0 Å². The van der Waals surface area contributed by atoms with Gasteiger partial charge in [-0.2, -0.15) is 0 Å². The van der Waals surface area contributed by atoms with Crippen molar-refractivity contribution in [1.29, 1.82) is 0 Å². The van der Waals surface area contributed by atoms with Crippen molar-refractivity contribution >= 4 is 17.5 Å². The molecule has 2 atom stereocenters. The van der Waals surface area contributed by atoms with E-state index < -0.39 is 0 Å². The Hall–Kier alpha value is -2.08. The highest BCUT2D eigenvalue weighted by atomic mass is 16.2. The van der Waals surface area contributed by atoms with Gasteiger partial charge in [-0.15, -0.1) is 0 Å². The van der Waals surface area contributed by atoms with Gasteiger partial charge < -0.3 is 20.9 Å². The minimum Gasteiger partial charge on any atom is -0.368 e. The molecule has 2 unspecified atom stereocenters. The number of rotatable bonds is 5.